The molecule has 0 aliphatic rings. The highest BCUT2D eigenvalue weighted by atomic mass is 35.5. The third kappa shape index (κ3) is 4.16. The van der Waals surface area contributed by atoms with Crippen LogP contribution in [0, 0.1) is 0 Å². The molecule has 0 unspecified atom stereocenters. The first-order chi connectivity index (χ1) is 10.5. The Morgan fingerprint density at radius 1 is 1.09 bits per heavy atom. The van der Waals surface area contributed by atoms with Crippen LogP contribution in [0.4, 0.5) is 10.5 Å². The maximum atomic E-state index is 12.0. The summed E-state index contributed by atoms with van der Waals surface area (Å²) in [5, 5.41) is 3.37. The second-order valence-electron chi connectivity index (χ2n) is 4.51. The van der Waals surface area contributed by atoms with Crippen molar-refractivity contribution in [1.82, 2.24) is 5.32 Å². The first-order valence-electron chi connectivity index (χ1n) is 6.38. The van der Waals surface area contributed by atoms with Gasteiger partial charge in [0.2, 0.25) is 5.91 Å². The Bertz CT molecular complexity index is 674. The molecule has 7 heteroatoms. The molecule has 0 atom stereocenters. The number of hydrogen-bond acceptors (Lipinski definition) is 3. The maximum absolute atomic E-state index is 12.0. The number of benzene rings is 2. The molecule has 0 heterocycles. The van der Waals surface area contributed by atoms with E-state index in [1.54, 1.807) is 24.3 Å². The number of thiol groups is 1. The van der Waals surface area contributed by atoms with Gasteiger partial charge in [0, 0.05) is 17.1 Å². The number of amides is 3. The van der Waals surface area contributed by atoms with Crippen LogP contribution in [0.25, 0.3) is 0 Å². The molecule has 0 fully saturated rings. The quantitative estimate of drug-likeness (QED) is 0.751. The first kappa shape index (κ1) is 16.2. The van der Waals surface area contributed by atoms with E-state index in [-0.39, 0.29) is 6.03 Å². The summed E-state index contributed by atoms with van der Waals surface area (Å²) in [7, 11) is 0. The van der Waals surface area contributed by atoms with Crippen molar-refractivity contribution in [3.8, 4) is 0 Å². The van der Waals surface area contributed by atoms with Crippen molar-refractivity contribution in [2.45, 2.75) is 6.54 Å². The minimum absolute atomic E-state index is 0.354. The lowest BCUT2D eigenvalue weighted by molar-refractivity contribution is 0.100. The topological polar surface area (TPSA) is 75.4 Å². The molecule has 0 aliphatic carbocycles. The Hall–Kier alpha value is -2.18. The Kier molecular flexibility index (Phi) is 5.30. The molecule has 0 spiro atoms. The van der Waals surface area contributed by atoms with Crippen molar-refractivity contribution < 1.29 is 9.59 Å². The van der Waals surface area contributed by atoms with Gasteiger partial charge < -0.3 is 11.1 Å². The molecule has 114 valence electrons. The number of halogens is 1. The lowest BCUT2D eigenvalue weighted by atomic mass is 10.2. The Balaban J connectivity index is 1.96. The monoisotopic (exact) mass is 335 g/mol. The summed E-state index contributed by atoms with van der Waals surface area (Å²) < 4.78 is 1.15. The largest absolute Gasteiger partial charge is 0.366 e. The number of carbonyl (C=O) groups is 2. The summed E-state index contributed by atoms with van der Waals surface area (Å²) in [6, 6.07) is 13.0. The predicted molar refractivity (Wildman–Crippen MR) is 90.1 cm³/mol. The van der Waals surface area contributed by atoms with Crippen LogP contribution in [0.15, 0.2) is 48.5 Å². The lowest BCUT2D eigenvalue weighted by Crippen LogP contribution is -2.33. The average molecular weight is 336 g/mol. The molecule has 0 saturated heterocycles. The van der Waals surface area contributed by atoms with Gasteiger partial charge in [-0.25, -0.2) is 9.10 Å². The summed E-state index contributed by atoms with van der Waals surface area (Å²) in [6.45, 7) is 0.354. The van der Waals surface area contributed by atoms with Gasteiger partial charge in [-0.3, -0.25) is 4.79 Å². The fraction of sp³-hybridized carbons (Fsp3) is 0.0667. The molecule has 2 aromatic carbocycles. The maximum Gasteiger partial charge on any atom is 0.332 e. The smallest absolute Gasteiger partial charge is 0.332 e. The predicted octanol–water partition coefficient (Wildman–Crippen LogP) is 3.00. The SMILES string of the molecule is NC(=O)c1ccc(N(S)C(=O)NCc2ccc(Cl)cc2)cc1. The van der Waals surface area contributed by atoms with E-state index >= 15 is 0 Å². The van der Waals surface area contributed by atoms with E-state index in [1.165, 1.54) is 12.1 Å². The molecular formula is C15H14ClN3O2S. The van der Waals surface area contributed by atoms with Crippen molar-refractivity contribution >= 4 is 42.0 Å². The number of rotatable bonds is 4. The minimum Gasteiger partial charge on any atom is -0.366 e. The summed E-state index contributed by atoms with van der Waals surface area (Å²) in [6.07, 6.45) is 0. The van der Waals surface area contributed by atoms with Crippen LogP contribution < -0.4 is 15.4 Å². The van der Waals surface area contributed by atoms with Crippen molar-refractivity contribution in [3.05, 3.63) is 64.7 Å². The lowest BCUT2D eigenvalue weighted by Gasteiger charge is -2.16. The molecule has 3 amide bonds. The molecule has 0 aliphatic heterocycles. The highest BCUT2D eigenvalue weighted by Crippen LogP contribution is 2.17. The number of urea groups is 1. The number of nitrogens with zero attached hydrogens (tertiary/aromatic N) is 1. The van der Waals surface area contributed by atoms with E-state index in [1.807, 2.05) is 12.1 Å². The molecule has 0 aromatic heterocycles. The number of carbonyl (C=O) groups excluding carboxylic acids is 2. The van der Waals surface area contributed by atoms with E-state index < -0.39 is 5.91 Å². The van der Waals surface area contributed by atoms with Crippen LogP contribution in [0.3, 0.4) is 0 Å². The summed E-state index contributed by atoms with van der Waals surface area (Å²) in [5.74, 6) is -0.524. The van der Waals surface area contributed by atoms with Gasteiger partial charge in [-0.05, 0) is 42.0 Å². The van der Waals surface area contributed by atoms with Gasteiger partial charge in [0.05, 0.1) is 5.69 Å². The summed E-state index contributed by atoms with van der Waals surface area (Å²) in [5.41, 5.74) is 6.98. The third-order valence-corrected chi connectivity index (χ3v) is 3.61. The van der Waals surface area contributed by atoms with Gasteiger partial charge >= 0.3 is 6.03 Å². The summed E-state index contributed by atoms with van der Waals surface area (Å²) in [4.78, 5) is 23.0. The molecule has 5 nitrogen and oxygen atoms in total. The molecule has 3 N–H and O–H groups in total. The van der Waals surface area contributed by atoms with Crippen molar-refractivity contribution in [3.63, 3.8) is 0 Å². The van der Waals surface area contributed by atoms with Crippen molar-refractivity contribution in [1.29, 1.82) is 0 Å². The van der Waals surface area contributed by atoms with Crippen LogP contribution in [0.5, 0.6) is 0 Å². The first-order valence-corrected chi connectivity index (χ1v) is 7.16. The van der Waals surface area contributed by atoms with Crippen LogP contribution in [0.1, 0.15) is 15.9 Å². The zero-order valence-electron chi connectivity index (χ0n) is 11.5. The molecule has 0 saturated carbocycles. The Morgan fingerprint density at radius 3 is 2.23 bits per heavy atom. The van der Waals surface area contributed by atoms with E-state index in [2.05, 4.69) is 18.1 Å². The van der Waals surface area contributed by atoms with E-state index in [0.29, 0.717) is 22.8 Å². The number of anilines is 1. The van der Waals surface area contributed by atoms with E-state index in [0.717, 1.165) is 9.87 Å². The third-order valence-electron chi connectivity index (χ3n) is 2.95. The fourth-order valence-electron chi connectivity index (χ4n) is 1.74. The van der Waals surface area contributed by atoms with Crippen LogP contribution in [0.2, 0.25) is 5.02 Å². The average Bonchev–Trinajstić information content (AvgIpc) is 2.53. The van der Waals surface area contributed by atoms with E-state index in [4.69, 9.17) is 17.3 Å². The van der Waals surface area contributed by atoms with Crippen molar-refractivity contribution in [2.24, 2.45) is 5.73 Å². The van der Waals surface area contributed by atoms with Crippen LogP contribution in [-0.4, -0.2) is 11.9 Å². The second kappa shape index (κ2) is 7.20. The van der Waals surface area contributed by atoms with Gasteiger partial charge in [-0.1, -0.05) is 36.5 Å². The van der Waals surface area contributed by atoms with Crippen LogP contribution in [-0.2, 0) is 6.54 Å². The molecule has 0 radical (unpaired) electrons. The van der Waals surface area contributed by atoms with Gasteiger partial charge in [0.15, 0.2) is 0 Å². The fourth-order valence-corrected chi connectivity index (χ4v) is 2.07. The normalized spacial score (nSPS) is 10.1. The Labute approximate surface area is 138 Å². The van der Waals surface area contributed by atoms with Gasteiger partial charge in [0.25, 0.3) is 0 Å². The zero-order valence-corrected chi connectivity index (χ0v) is 13.1. The molecular weight excluding hydrogens is 322 g/mol. The summed E-state index contributed by atoms with van der Waals surface area (Å²) >= 11 is 9.95. The molecule has 2 aromatic rings. The minimum atomic E-state index is -0.524. The highest BCUT2D eigenvalue weighted by Gasteiger charge is 2.12. The van der Waals surface area contributed by atoms with Gasteiger partial charge in [0.1, 0.15) is 0 Å². The van der Waals surface area contributed by atoms with Gasteiger partial charge in [-0.15, -0.1) is 0 Å². The second-order valence-corrected chi connectivity index (χ2v) is 5.34. The molecule has 22 heavy (non-hydrogen) atoms. The number of primary amides is 1. The highest BCUT2D eigenvalue weighted by molar-refractivity contribution is 7.82. The van der Waals surface area contributed by atoms with Crippen LogP contribution >= 0.6 is 24.4 Å². The Morgan fingerprint density at radius 2 is 1.68 bits per heavy atom. The number of hydrogen-bond donors (Lipinski definition) is 3. The van der Waals surface area contributed by atoms with E-state index in [9.17, 15) is 9.59 Å². The number of nitrogens with one attached hydrogen (secondary N) is 1. The molecule has 2 rings (SSSR count). The standard InChI is InChI=1S/C15H14ClN3O2S/c16-12-5-1-10(2-6-12)9-18-15(21)19(22)13-7-3-11(4-8-13)14(17)20/h1-8,22H,9H2,(H2,17,20)(H,18,21). The van der Waals surface area contributed by atoms with Gasteiger partial charge in [-0.2, -0.15) is 0 Å². The number of nitrogens with two attached hydrogens (primary N) is 1. The van der Waals surface area contributed by atoms with Crippen molar-refractivity contribution in [2.75, 3.05) is 4.31 Å². The molecule has 0 bridgehead atoms. The zero-order chi connectivity index (χ0) is 16.1.